The Morgan fingerprint density at radius 2 is 2.33 bits per heavy atom. The van der Waals surface area contributed by atoms with E-state index in [2.05, 4.69) is 14.9 Å². The monoisotopic (exact) mass is 233 g/mol. The smallest absolute Gasteiger partial charge is 0.321 e. The summed E-state index contributed by atoms with van der Waals surface area (Å²) in [6, 6.07) is 1.31. The third-order valence-corrected chi connectivity index (χ3v) is 3.48. The minimum absolute atomic E-state index is 0.0612. The summed E-state index contributed by atoms with van der Waals surface area (Å²) in [5.74, 6) is -0.624. The molecule has 0 spiro atoms. The van der Waals surface area contributed by atoms with E-state index in [1.807, 2.05) is 0 Å². The second-order valence-electron chi connectivity index (χ2n) is 2.76. The molecule has 0 saturated carbocycles. The highest BCUT2D eigenvalue weighted by Gasteiger charge is 2.24. The number of hydrogen-bond donors (Lipinski definition) is 1. The molecule has 0 amide bonds. The first-order valence-electron chi connectivity index (χ1n) is 4.01. The van der Waals surface area contributed by atoms with Gasteiger partial charge in [0.15, 0.2) is 5.03 Å². The van der Waals surface area contributed by atoms with Crippen molar-refractivity contribution in [3.63, 3.8) is 0 Å². The zero-order valence-electron chi connectivity index (χ0n) is 8.30. The van der Waals surface area contributed by atoms with E-state index in [1.165, 1.54) is 26.4 Å². The number of aromatic nitrogens is 2. The fraction of sp³-hybridized carbons (Fsp3) is 0.429. The predicted octanol–water partition coefficient (Wildman–Crippen LogP) is -0.797. The lowest BCUT2D eigenvalue weighted by Gasteiger charge is -2.13. The Morgan fingerprint density at radius 1 is 1.67 bits per heavy atom. The third-order valence-electron chi connectivity index (χ3n) is 1.74. The number of carbonyl (C=O) groups excluding carboxylic acids is 1. The topological polar surface area (TPSA) is 92.4 Å². The van der Waals surface area contributed by atoms with Crippen molar-refractivity contribution in [3.05, 3.63) is 12.3 Å². The molecule has 0 aliphatic carbocycles. The Hall–Kier alpha value is -1.41. The van der Waals surface area contributed by atoms with Crippen LogP contribution in [0.3, 0.4) is 0 Å². The Balaban J connectivity index is 2.84. The van der Waals surface area contributed by atoms with Gasteiger partial charge in [0.2, 0.25) is 0 Å². The summed E-state index contributed by atoms with van der Waals surface area (Å²) in [6.45, 7) is -0.335. The van der Waals surface area contributed by atoms with E-state index < -0.39 is 16.0 Å². The first-order valence-corrected chi connectivity index (χ1v) is 5.45. The zero-order valence-corrected chi connectivity index (χ0v) is 9.11. The Morgan fingerprint density at radius 3 is 2.80 bits per heavy atom. The maximum absolute atomic E-state index is 11.7. The zero-order chi connectivity index (χ0) is 11.5. The number of methoxy groups -OCH3 is 1. The molecule has 0 fully saturated rings. The number of likely N-dealkylation sites (N-methyl/N-ethyl adjacent to an activating group) is 1. The predicted molar refractivity (Wildman–Crippen MR) is 50.4 cm³/mol. The van der Waals surface area contributed by atoms with E-state index in [-0.39, 0.29) is 11.6 Å². The van der Waals surface area contributed by atoms with E-state index >= 15 is 0 Å². The third kappa shape index (κ3) is 2.54. The number of H-pyrrole nitrogens is 1. The fourth-order valence-corrected chi connectivity index (χ4v) is 1.90. The van der Waals surface area contributed by atoms with Crippen molar-refractivity contribution in [1.82, 2.24) is 14.5 Å². The van der Waals surface area contributed by atoms with Crippen molar-refractivity contribution in [2.24, 2.45) is 0 Å². The fourth-order valence-electron chi connectivity index (χ4n) is 0.886. The highest BCUT2D eigenvalue weighted by atomic mass is 32.2. The van der Waals surface area contributed by atoms with E-state index in [0.29, 0.717) is 0 Å². The van der Waals surface area contributed by atoms with E-state index in [4.69, 9.17) is 0 Å². The number of nitrogens with zero attached hydrogens (tertiary/aromatic N) is 2. The van der Waals surface area contributed by atoms with Crippen LogP contribution in [0.5, 0.6) is 0 Å². The number of sulfonamides is 1. The molecule has 0 unspecified atom stereocenters. The molecule has 1 aromatic heterocycles. The van der Waals surface area contributed by atoms with Crippen LogP contribution in [-0.4, -0.2) is 49.6 Å². The Bertz CT molecular complexity index is 425. The quantitative estimate of drug-likeness (QED) is 0.687. The lowest BCUT2D eigenvalue weighted by molar-refractivity contribution is -0.140. The number of rotatable bonds is 4. The van der Waals surface area contributed by atoms with Crippen molar-refractivity contribution in [3.8, 4) is 0 Å². The Kier molecular flexibility index (Phi) is 3.43. The van der Waals surface area contributed by atoms with Gasteiger partial charge >= 0.3 is 5.97 Å². The Labute approximate surface area is 87.1 Å². The molecule has 0 aromatic carbocycles. The van der Waals surface area contributed by atoms with Crippen LogP contribution in [0.4, 0.5) is 0 Å². The molecular formula is C7H11N3O4S. The molecule has 1 N–H and O–H groups in total. The van der Waals surface area contributed by atoms with Crippen LogP contribution in [0.2, 0.25) is 0 Å². The van der Waals surface area contributed by atoms with E-state index in [1.54, 1.807) is 0 Å². The minimum Gasteiger partial charge on any atom is -0.468 e. The number of nitrogens with one attached hydrogen (secondary N) is 1. The lowest BCUT2D eigenvalue weighted by Crippen LogP contribution is -2.32. The number of aromatic amines is 1. The molecule has 0 atom stereocenters. The molecule has 0 aliphatic rings. The molecule has 1 rings (SSSR count). The van der Waals surface area contributed by atoms with Crippen molar-refractivity contribution in [1.29, 1.82) is 0 Å². The number of esters is 1. The molecule has 0 aliphatic heterocycles. The normalized spacial score (nSPS) is 11.7. The maximum Gasteiger partial charge on any atom is 0.321 e. The van der Waals surface area contributed by atoms with Gasteiger partial charge in [0, 0.05) is 7.05 Å². The van der Waals surface area contributed by atoms with Gasteiger partial charge in [0.1, 0.15) is 6.54 Å². The molecule has 0 radical (unpaired) electrons. The van der Waals surface area contributed by atoms with Crippen LogP contribution < -0.4 is 0 Å². The molecule has 0 saturated heterocycles. The van der Waals surface area contributed by atoms with Gasteiger partial charge in [-0.25, -0.2) is 8.42 Å². The average molecular weight is 233 g/mol. The second kappa shape index (κ2) is 4.41. The van der Waals surface area contributed by atoms with E-state index in [0.717, 1.165) is 4.31 Å². The van der Waals surface area contributed by atoms with Crippen molar-refractivity contribution < 1.29 is 17.9 Å². The van der Waals surface area contributed by atoms with Gasteiger partial charge in [-0.15, -0.1) is 0 Å². The highest BCUT2D eigenvalue weighted by Crippen LogP contribution is 2.09. The van der Waals surface area contributed by atoms with E-state index in [9.17, 15) is 13.2 Å². The van der Waals surface area contributed by atoms with Gasteiger partial charge < -0.3 is 4.74 Å². The average Bonchev–Trinajstić information content (AvgIpc) is 2.70. The summed E-state index contributed by atoms with van der Waals surface area (Å²) in [5.41, 5.74) is 0. The van der Waals surface area contributed by atoms with Crippen molar-refractivity contribution in [2.45, 2.75) is 5.03 Å². The van der Waals surface area contributed by atoms with Crippen LogP contribution >= 0.6 is 0 Å². The van der Waals surface area contributed by atoms with Gasteiger partial charge in [-0.3, -0.25) is 9.89 Å². The highest BCUT2D eigenvalue weighted by molar-refractivity contribution is 7.89. The SMILES string of the molecule is COC(=O)CN(C)S(=O)(=O)c1ccn[nH]1. The van der Waals surface area contributed by atoms with Gasteiger partial charge in [0.25, 0.3) is 10.0 Å². The van der Waals surface area contributed by atoms with Crippen molar-refractivity contribution >= 4 is 16.0 Å². The molecular weight excluding hydrogens is 222 g/mol. The van der Waals surface area contributed by atoms with Gasteiger partial charge in [-0.1, -0.05) is 0 Å². The summed E-state index contributed by atoms with van der Waals surface area (Å²) in [5, 5.41) is 5.78. The van der Waals surface area contributed by atoms with Gasteiger partial charge in [0.05, 0.1) is 13.3 Å². The summed E-state index contributed by atoms with van der Waals surface area (Å²) in [7, 11) is -1.21. The molecule has 1 heterocycles. The summed E-state index contributed by atoms with van der Waals surface area (Å²) in [6.07, 6.45) is 1.32. The van der Waals surface area contributed by atoms with Crippen LogP contribution in [-0.2, 0) is 19.6 Å². The second-order valence-corrected chi connectivity index (χ2v) is 4.77. The van der Waals surface area contributed by atoms with Crippen LogP contribution in [0, 0.1) is 0 Å². The lowest BCUT2D eigenvalue weighted by atomic mass is 10.7. The van der Waals surface area contributed by atoms with Gasteiger partial charge in [-0.2, -0.15) is 9.40 Å². The first kappa shape index (κ1) is 11.7. The number of carbonyl (C=O) groups is 1. The molecule has 84 valence electrons. The minimum atomic E-state index is -3.69. The summed E-state index contributed by atoms with van der Waals surface area (Å²) in [4.78, 5) is 10.9. The molecule has 1 aromatic rings. The van der Waals surface area contributed by atoms with Crippen LogP contribution in [0.15, 0.2) is 17.3 Å². The van der Waals surface area contributed by atoms with Crippen LogP contribution in [0.1, 0.15) is 0 Å². The summed E-state index contributed by atoms with van der Waals surface area (Å²) >= 11 is 0. The molecule has 0 bridgehead atoms. The van der Waals surface area contributed by atoms with Crippen molar-refractivity contribution in [2.75, 3.05) is 20.7 Å². The number of ether oxygens (including phenoxy) is 1. The molecule has 7 nitrogen and oxygen atoms in total. The van der Waals surface area contributed by atoms with Crippen LogP contribution in [0.25, 0.3) is 0 Å². The number of hydrogen-bond acceptors (Lipinski definition) is 5. The standard InChI is InChI=1S/C7H11N3O4S/c1-10(5-7(11)14-2)15(12,13)6-3-4-8-9-6/h3-4H,5H2,1-2H3,(H,8,9). The summed E-state index contributed by atoms with van der Waals surface area (Å²) < 4.78 is 28.6. The molecule has 8 heteroatoms. The largest absolute Gasteiger partial charge is 0.468 e. The molecule has 15 heavy (non-hydrogen) atoms. The maximum atomic E-state index is 11.7. The van der Waals surface area contributed by atoms with Gasteiger partial charge in [-0.05, 0) is 6.07 Å². The first-order chi connectivity index (χ1) is 6.98.